The number of allylic oxidation sites excluding steroid dienone is 6. The fraction of sp³-hybridized carbons (Fsp3) is 0.292. The van der Waals surface area contributed by atoms with Crippen LogP contribution in [0.15, 0.2) is 57.1 Å². The molecule has 33 heavy (non-hydrogen) atoms. The zero-order valence-electron chi connectivity index (χ0n) is 17.5. The summed E-state index contributed by atoms with van der Waals surface area (Å²) in [5, 5.41) is 10.7. The number of urea groups is 1. The van der Waals surface area contributed by atoms with Gasteiger partial charge >= 0.3 is 6.03 Å². The highest BCUT2D eigenvalue weighted by atomic mass is 79.9. The molecule has 0 bridgehead atoms. The molecule has 4 amide bonds. The van der Waals surface area contributed by atoms with Gasteiger partial charge in [0.05, 0.1) is 11.8 Å². The number of benzene rings is 1. The smallest absolute Gasteiger partial charge is 0.328 e. The minimum absolute atomic E-state index is 0.0567. The molecule has 0 spiro atoms. The van der Waals surface area contributed by atoms with Crippen LogP contribution in [-0.2, 0) is 19.2 Å². The van der Waals surface area contributed by atoms with Crippen LogP contribution in [0.1, 0.15) is 31.2 Å². The first-order valence-electron chi connectivity index (χ1n) is 10.5. The number of carbonyl (C=O) groups excluding carboxylic acids is 5. The highest BCUT2D eigenvalue weighted by Crippen LogP contribution is 2.56. The van der Waals surface area contributed by atoms with Gasteiger partial charge in [-0.3, -0.25) is 19.2 Å². The summed E-state index contributed by atoms with van der Waals surface area (Å²) in [6.45, 7) is 1.57. The van der Waals surface area contributed by atoms with Crippen molar-refractivity contribution in [2.45, 2.75) is 25.7 Å². The van der Waals surface area contributed by atoms with Gasteiger partial charge in [0.15, 0.2) is 11.6 Å². The summed E-state index contributed by atoms with van der Waals surface area (Å²) in [5.41, 5.74) is 7.27. The van der Waals surface area contributed by atoms with Crippen LogP contribution in [0, 0.1) is 17.8 Å². The summed E-state index contributed by atoms with van der Waals surface area (Å²) in [5.74, 6) is -4.98. The molecule has 4 aliphatic rings. The number of primary amides is 1. The fourth-order valence-corrected chi connectivity index (χ4v) is 6.07. The van der Waals surface area contributed by atoms with Gasteiger partial charge in [-0.05, 0) is 50.0 Å². The molecular formula is C24H19BrN2O6. The molecule has 9 heteroatoms. The minimum atomic E-state index is -1.12. The number of likely N-dealkylation sites (tertiary alicyclic amines) is 1. The number of aromatic hydroxyl groups is 1. The van der Waals surface area contributed by atoms with E-state index in [9.17, 15) is 29.1 Å². The predicted molar refractivity (Wildman–Crippen MR) is 119 cm³/mol. The number of carbonyl (C=O) groups is 5. The number of amides is 4. The van der Waals surface area contributed by atoms with Crippen molar-refractivity contribution < 1.29 is 29.1 Å². The second-order valence-electron chi connectivity index (χ2n) is 8.78. The van der Waals surface area contributed by atoms with Gasteiger partial charge in [-0.25, -0.2) is 4.79 Å². The van der Waals surface area contributed by atoms with Gasteiger partial charge in [-0.2, -0.15) is 4.90 Å². The van der Waals surface area contributed by atoms with Gasteiger partial charge < -0.3 is 10.8 Å². The first kappa shape index (κ1) is 21.5. The summed E-state index contributed by atoms with van der Waals surface area (Å²) in [7, 11) is 0. The molecule has 168 valence electrons. The van der Waals surface area contributed by atoms with Crippen molar-refractivity contribution >= 4 is 45.3 Å². The Balaban J connectivity index is 1.73. The van der Waals surface area contributed by atoms with Crippen LogP contribution in [0.3, 0.4) is 0 Å². The molecule has 1 heterocycles. The Kier molecular flexibility index (Phi) is 4.79. The number of fused-ring (bicyclic) bond motifs is 3. The summed E-state index contributed by atoms with van der Waals surface area (Å²) in [6, 6.07) is 3.71. The van der Waals surface area contributed by atoms with Gasteiger partial charge in [-0.1, -0.05) is 27.6 Å². The average molecular weight is 511 g/mol. The Morgan fingerprint density at radius 2 is 1.88 bits per heavy atom. The zero-order valence-corrected chi connectivity index (χ0v) is 19.1. The van der Waals surface area contributed by atoms with E-state index in [1.165, 1.54) is 12.1 Å². The van der Waals surface area contributed by atoms with Crippen molar-refractivity contribution in [2.75, 3.05) is 0 Å². The summed E-state index contributed by atoms with van der Waals surface area (Å²) >= 11 is 3.40. The maximum Gasteiger partial charge on any atom is 0.328 e. The number of phenolic OH excluding ortho intramolecular Hbond substituents is 1. The highest BCUT2D eigenvalue weighted by molar-refractivity contribution is 9.10. The molecule has 1 saturated heterocycles. The number of halogens is 1. The molecule has 1 aromatic carbocycles. The third-order valence-electron chi connectivity index (χ3n) is 7.09. The average Bonchev–Trinajstić information content (AvgIpc) is 3.02. The predicted octanol–water partition coefficient (Wildman–Crippen LogP) is 2.66. The van der Waals surface area contributed by atoms with E-state index in [0.29, 0.717) is 26.1 Å². The minimum Gasteiger partial charge on any atom is -0.508 e. The standard InChI is InChI=1S/C24H19BrN2O6/c1-9-6-17(29)15-8-13-11(3-4-12-19(13)23(32)27(22(12)31)24(26)33)18(20(15)21(9)30)14-7-10(25)2-5-16(14)28/h2-3,5-7,12-13,18-19,28H,4,8H2,1H3,(H2,26,33). The summed E-state index contributed by atoms with van der Waals surface area (Å²) in [4.78, 5) is 64.4. The molecule has 3 N–H and O–H groups in total. The van der Waals surface area contributed by atoms with E-state index < -0.39 is 41.5 Å². The number of imide groups is 3. The van der Waals surface area contributed by atoms with E-state index >= 15 is 0 Å². The van der Waals surface area contributed by atoms with Crippen LogP contribution >= 0.6 is 15.9 Å². The Hall–Kier alpha value is -3.33. The zero-order chi connectivity index (χ0) is 23.8. The van der Waals surface area contributed by atoms with E-state index in [-0.39, 0.29) is 41.3 Å². The highest BCUT2D eigenvalue weighted by Gasteiger charge is 2.57. The molecule has 0 saturated carbocycles. The molecule has 0 radical (unpaired) electrons. The maximum atomic E-state index is 13.3. The van der Waals surface area contributed by atoms with Gasteiger partial charge in [-0.15, -0.1) is 0 Å². The van der Waals surface area contributed by atoms with Crippen LogP contribution in [0.2, 0.25) is 0 Å². The second kappa shape index (κ2) is 7.34. The normalized spacial score (nSPS) is 28.8. The SMILES string of the molecule is CC1=CC(=O)C2=C(C1=O)C(c1cc(Br)ccc1O)C1=CCC3C(=O)N(C(N)=O)C(=O)C3C1C2. The number of nitrogens with zero attached hydrogens (tertiary/aromatic N) is 1. The van der Waals surface area contributed by atoms with Gasteiger partial charge in [0.25, 0.3) is 0 Å². The monoisotopic (exact) mass is 510 g/mol. The van der Waals surface area contributed by atoms with Crippen LogP contribution in [-0.4, -0.2) is 39.4 Å². The third kappa shape index (κ3) is 2.98. The number of Topliss-reactive ketones (excluding diaryl/α,β-unsaturated/α-hetero) is 1. The number of hydrogen-bond acceptors (Lipinski definition) is 6. The maximum absolute atomic E-state index is 13.3. The molecule has 3 aliphatic carbocycles. The second-order valence-corrected chi connectivity index (χ2v) is 9.70. The lowest BCUT2D eigenvalue weighted by atomic mass is 9.59. The van der Waals surface area contributed by atoms with Crippen LogP contribution in [0.4, 0.5) is 4.79 Å². The molecule has 8 nitrogen and oxygen atoms in total. The molecule has 4 unspecified atom stereocenters. The van der Waals surface area contributed by atoms with Crippen molar-refractivity contribution in [1.82, 2.24) is 4.90 Å². The molecule has 0 aromatic heterocycles. The van der Waals surface area contributed by atoms with Crippen molar-refractivity contribution in [3.63, 3.8) is 0 Å². The Morgan fingerprint density at radius 1 is 1.15 bits per heavy atom. The Bertz CT molecular complexity index is 1290. The van der Waals surface area contributed by atoms with E-state index in [0.717, 1.165) is 0 Å². The lowest BCUT2D eigenvalue weighted by molar-refractivity contribution is -0.136. The van der Waals surface area contributed by atoms with E-state index in [2.05, 4.69) is 15.9 Å². The first-order valence-corrected chi connectivity index (χ1v) is 11.3. The molecule has 1 fully saturated rings. The third-order valence-corrected chi connectivity index (χ3v) is 7.58. The number of nitrogens with two attached hydrogens (primary N) is 1. The number of phenols is 1. The van der Waals surface area contributed by atoms with Crippen molar-refractivity contribution in [3.05, 3.63) is 62.7 Å². The van der Waals surface area contributed by atoms with Crippen molar-refractivity contribution in [1.29, 1.82) is 0 Å². The van der Waals surface area contributed by atoms with E-state index in [4.69, 9.17) is 5.73 Å². The molecular weight excluding hydrogens is 492 g/mol. The van der Waals surface area contributed by atoms with Crippen molar-refractivity contribution in [3.8, 4) is 5.75 Å². The van der Waals surface area contributed by atoms with Crippen molar-refractivity contribution in [2.24, 2.45) is 23.5 Å². The van der Waals surface area contributed by atoms with Crippen LogP contribution < -0.4 is 5.73 Å². The van der Waals surface area contributed by atoms with Crippen LogP contribution in [0.25, 0.3) is 0 Å². The lowest BCUT2D eigenvalue weighted by Crippen LogP contribution is -2.42. The molecule has 4 atom stereocenters. The topological polar surface area (TPSA) is 135 Å². The quantitative estimate of drug-likeness (QED) is 0.338. The van der Waals surface area contributed by atoms with Gasteiger partial charge in [0, 0.05) is 32.7 Å². The lowest BCUT2D eigenvalue weighted by Gasteiger charge is -2.42. The molecule has 5 rings (SSSR count). The van der Waals surface area contributed by atoms with Gasteiger partial charge in [0.1, 0.15) is 5.75 Å². The van der Waals surface area contributed by atoms with E-state index in [1.54, 1.807) is 19.1 Å². The van der Waals surface area contributed by atoms with Crippen LogP contribution in [0.5, 0.6) is 5.75 Å². The number of rotatable bonds is 1. The van der Waals surface area contributed by atoms with Gasteiger partial charge in [0.2, 0.25) is 11.8 Å². The fourth-order valence-electron chi connectivity index (χ4n) is 5.69. The number of hydrogen-bond donors (Lipinski definition) is 2. The number of ketones is 2. The van der Waals surface area contributed by atoms with E-state index in [1.807, 2.05) is 6.08 Å². The Morgan fingerprint density at radius 3 is 2.58 bits per heavy atom. The Labute approximate surface area is 196 Å². The molecule has 1 aromatic rings. The largest absolute Gasteiger partial charge is 0.508 e. The first-order chi connectivity index (χ1) is 15.6. The summed E-state index contributed by atoms with van der Waals surface area (Å²) in [6.07, 6.45) is 3.37. The summed E-state index contributed by atoms with van der Waals surface area (Å²) < 4.78 is 0.669. The molecule has 1 aliphatic heterocycles.